The molecule has 41 heavy (non-hydrogen) atoms. The van der Waals surface area contributed by atoms with Crippen molar-refractivity contribution < 1.29 is 27.4 Å². The number of likely N-dealkylation sites (tertiary alicyclic amines) is 1. The number of hydrogen-bond donors (Lipinski definition) is 1. The van der Waals surface area contributed by atoms with Crippen LogP contribution in [0.25, 0.3) is 11.3 Å². The second-order valence-corrected chi connectivity index (χ2v) is 11.7. The Morgan fingerprint density at radius 3 is 2.56 bits per heavy atom. The fourth-order valence-electron chi connectivity index (χ4n) is 4.82. The van der Waals surface area contributed by atoms with Gasteiger partial charge >= 0.3 is 0 Å². The topological polar surface area (TPSA) is 138 Å². The molecule has 4 aromatic rings. The SMILES string of the molecule is Cc1cccc(C)c1-c1cc(OC2CN(C(=O)Cc3ccc4c(c3)OCO4)C2)nc(NS(=O)(=O)c2cnn(C)c2)n1. The molecule has 0 spiro atoms. The molecule has 2 aromatic heterocycles. The molecular weight excluding hydrogens is 548 g/mol. The van der Waals surface area contributed by atoms with Gasteiger partial charge in [0.25, 0.3) is 10.0 Å². The first kappa shape index (κ1) is 26.6. The summed E-state index contributed by atoms with van der Waals surface area (Å²) in [7, 11) is -2.36. The summed E-state index contributed by atoms with van der Waals surface area (Å²) in [5.41, 5.74) is 4.16. The van der Waals surface area contributed by atoms with Crippen LogP contribution in [0.15, 0.2) is 59.8 Å². The van der Waals surface area contributed by atoms with Gasteiger partial charge in [-0.25, -0.2) is 18.1 Å². The molecule has 13 heteroatoms. The lowest BCUT2D eigenvalue weighted by atomic mass is 10.00. The summed E-state index contributed by atoms with van der Waals surface area (Å²) in [5.74, 6) is 1.35. The van der Waals surface area contributed by atoms with Crippen LogP contribution in [0.2, 0.25) is 0 Å². The smallest absolute Gasteiger partial charge is 0.267 e. The van der Waals surface area contributed by atoms with Gasteiger partial charge in [0.1, 0.15) is 11.0 Å². The highest BCUT2D eigenvalue weighted by Gasteiger charge is 2.33. The van der Waals surface area contributed by atoms with Crippen LogP contribution in [0, 0.1) is 13.8 Å². The van der Waals surface area contributed by atoms with E-state index in [1.54, 1.807) is 24.1 Å². The molecule has 6 rings (SSSR count). The highest BCUT2D eigenvalue weighted by Crippen LogP contribution is 2.33. The van der Waals surface area contributed by atoms with Crippen LogP contribution in [0.3, 0.4) is 0 Å². The van der Waals surface area contributed by atoms with Gasteiger partial charge in [0.15, 0.2) is 11.5 Å². The zero-order valence-corrected chi connectivity index (χ0v) is 23.5. The molecule has 0 atom stereocenters. The summed E-state index contributed by atoms with van der Waals surface area (Å²) >= 11 is 0. The number of benzene rings is 2. The van der Waals surface area contributed by atoms with Crippen molar-refractivity contribution in [2.45, 2.75) is 31.3 Å². The minimum atomic E-state index is -3.99. The standard InChI is InChI=1S/C28H28N6O6S/c1-17-5-4-6-18(2)27(17)22-11-25(31-28(30-22)32-41(36,37)21-12-29-33(3)15-21)40-20-13-34(14-20)26(35)10-19-7-8-23-24(9-19)39-16-38-23/h4-9,11-12,15,20H,10,13-14,16H2,1-3H3,(H,30,31,32). The van der Waals surface area contributed by atoms with E-state index in [2.05, 4.69) is 19.8 Å². The van der Waals surface area contributed by atoms with Crippen molar-refractivity contribution in [3.8, 4) is 28.6 Å². The fraction of sp³-hybridized carbons (Fsp3) is 0.286. The highest BCUT2D eigenvalue weighted by molar-refractivity contribution is 7.92. The van der Waals surface area contributed by atoms with Crippen molar-refractivity contribution in [3.63, 3.8) is 0 Å². The third kappa shape index (κ3) is 5.53. The van der Waals surface area contributed by atoms with E-state index in [0.717, 1.165) is 22.3 Å². The summed E-state index contributed by atoms with van der Waals surface area (Å²) in [5, 5.41) is 3.94. The van der Waals surface area contributed by atoms with Gasteiger partial charge in [-0.2, -0.15) is 10.1 Å². The minimum absolute atomic E-state index is 0.0147. The Morgan fingerprint density at radius 1 is 1.07 bits per heavy atom. The molecule has 0 unspecified atom stereocenters. The lowest BCUT2D eigenvalue weighted by molar-refractivity contribution is -0.139. The zero-order chi connectivity index (χ0) is 28.7. The first-order valence-corrected chi connectivity index (χ1v) is 14.4. The molecule has 1 fully saturated rings. The summed E-state index contributed by atoms with van der Waals surface area (Å²) in [6.07, 6.45) is 2.56. The Labute approximate surface area is 236 Å². The van der Waals surface area contributed by atoms with E-state index < -0.39 is 10.0 Å². The highest BCUT2D eigenvalue weighted by atomic mass is 32.2. The van der Waals surface area contributed by atoms with Crippen LogP contribution in [-0.2, 0) is 28.3 Å². The van der Waals surface area contributed by atoms with E-state index in [1.807, 2.05) is 44.2 Å². The van der Waals surface area contributed by atoms with Crippen LogP contribution in [0.4, 0.5) is 5.95 Å². The van der Waals surface area contributed by atoms with E-state index in [9.17, 15) is 13.2 Å². The first-order valence-electron chi connectivity index (χ1n) is 12.9. The third-order valence-electron chi connectivity index (χ3n) is 6.94. The van der Waals surface area contributed by atoms with Gasteiger partial charge in [-0.15, -0.1) is 0 Å². The first-order chi connectivity index (χ1) is 19.6. The lowest BCUT2D eigenvalue weighted by Gasteiger charge is -2.38. The Hall–Kier alpha value is -4.65. The average molecular weight is 577 g/mol. The van der Waals surface area contributed by atoms with Gasteiger partial charge in [0, 0.05) is 24.9 Å². The van der Waals surface area contributed by atoms with Gasteiger partial charge in [0.2, 0.25) is 24.5 Å². The van der Waals surface area contributed by atoms with Crippen molar-refractivity contribution in [2.75, 3.05) is 24.6 Å². The summed E-state index contributed by atoms with van der Waals surface area (Å²) < 4.78 is 46.7. The normalized spacial score (nSPS) is 14.6. The van der Waals surface area contributed by atoms with Crippen molar-refractivity contribution in [3.05, 3.63) is 71.5 Å². The summed E-state index contributed by atoms with van der Waals surface area (Å²) in [6, 6.07) is 13.0. The molecule has 212 valence electrons. The molecule has 2 aliphatic rings. The van der Waals surface area contributed by atoms with Crippen LogP contribution in [-0.4, -0.2) is 65.0 Å². The largest absolute Gasteiger partial charge is 0.470 e. The molecule has 1 N–H and O–H groups in total. The molecule has 1 saturated heterocycles. The maximum Gasteiger partial charge on any atom is 0.267 e. The minimum Gasteiger partial charge on any atom is -0.470 e. The van der Waals surface area contributed by atoms with Crippen molar-refractivity contribution >= 4 is 21.9 Å². The zero-order valence-electron chi connectivity index (χ0n) is 22.7. The van der Waals surface area contributed by atoms with E-state index in [4.69, 9.17) is 14.2 Å². The van der Waals surface area contributed by atoms with Gasteiger partial charge in [-0.05, 0) is 42.7 Å². The monoisotopic (exact) mass is 576 g/mol. The third-order valence-corrected chi connectivity index (χ3v) is 8.22. The van der Waals surface area contributed by atoms with E-state index >= 15 is 0 Å². The Morgan fingerprint density at radius 2 is 1.83 bits per heavy atom. The van der Waals surface area contributed by atoms with Crippen molar-refractivity contribution in [1.82, 2.24) is 24.6 Å². The molecule has 2 aromatic carbocycles. The molecule has 0 bridgehead atoms. The van der Waals surface area contributed by atoms with Crippen LogP contribution in [0.1, 0.15) is 16.7 Å². The average Bonchev–Trinajstić information content (AvgIpc) is 3.54. The molecule has 0 radical (unpaired) electrons. The van der Waals surface area contributed by atoms with E-state index in [1.165, 1.54) is 17.1 Å². The number of nitrogens with one attached hydrogen (secondary N) is 1. The Bertz CT molecular complexity index is 1730. The number of carbonyl (C=O) groups is 1. The predicted octanol–water partition coefficient (Wildman–Crippen LogP) is 2.86. The number of nitrogens with zero attached hydrogens (tertiary/aromatic N) is 5. The van der Waals surface area contributed by atoms with Gasteiger partial charge < -0.3 is 19.1 Å². The number of ether oxygens (including phenoxy) is 3. The molecule has 0 aliphatic carbocycles. The fourth-order valence-corrected chi connectivity index (χ4v) is 5.75. The predicted molar refractivity (Wildman–Crippen MR) is 148 cm³/mol. The summed E-state index contributed by atoms with van der Waals surface area (Å²) in [4.78, 5) is 23.4. The lowest BCUT2D eigenvalue weighted by Crippen LogP contribution is -2.56. The van der Waals surface area contributed by atoms with Crippen molar-refractivity contribution in [1.29, 1.82) is 0 Å². The van der Waals surface area contributed by atoms with Gasteiger partial charge in [-0.1, -0.05) is 24.3 Å². The number of rotatable bonds is 8. The van der Waals surface area contributed by atoms with Crippen LogP contribution >= 0.6 is 0 Å². The quantitative estimate of drug-likeness (QED) is 0.336. The second-order valence-electron chi connectivity index (χ2n) is 10.0. The number of fused-ring (bicyclic) bond motifs is 1. The number of carbonyl (C=O) groups excluding carboxylic acids is 1. The van der Waals surface area contributed by atoms with Gasteiger partial charge in [-0.3, -0.25) is 9.48 Å². The Balaban J connectivity index is 1.19. The second kappa shape index (κ2) is 10.4. The molecule has 4 heterocycles. The Kier molecular flexibility index (Phi) is 6.73. The number of aryl methyl sites for hydroxylation is 3. The van der Waals surface area contributed by atoms with Gasteiger partial charge in [0.05, 0.1) is 31.4 Å². The number of sulfonamides is 1. The van der Waals surface area contributed by atoms with Crippen LogP contribution in [0.5, 0.6) is 17.4 Å². The van der Waals surface area contributed by atoms with E-state index in [-0.39, 0.29) is 41.9 Å². The maximum absolute atomic E-state index is 13.0. The van der Waals surface area contributed by atoms with Crippen molar-refractivity contribution in [2.24, 2.45) is 7.05 Å². The number of aromatic nitrogens is 4. The maximum atomic E-state index is 13.0. The number of amides is 1. The number of hydrogen-bond acceptors (Lipinski definition) is 9. The molecule has 1 amide bonds. The van der Waals surface area contributed by atoms with E-state index in [0.29, 0.717) is 30.3 Å². The molecule has 0 saturated carbocycles. The molecule has 12 nitrogen and oxygen atoms in total. The summed E-state index contributed by atoms with van der Waals surface area (Å²) in [6.45, 7) is 4.85. The molecular formula is C28H28N6O6S. The molecule has 2 aliphatic heterocycles. The number of anilines is 1. The van der Waals surface area contributed by atoms with Crippen LogP contribution < -0.4 is 18.9 Å².